The smallest absolute Gasteiger partial charge is 0.0654 e. The van der Waals surface area contributed by atoms with Gasteiger partial charge in [-0.1, -0.05) is 167 Å². The van der Waals surface area contributed by atoms with Crippen molar-refractivity contribution in [1.82, 2.24) is 0 Å². The average Bonchev–Trinajstić information content (AvgIpc) is 3.36. The van der Waals surface area contributed by atoms with E-state index < -0.39 is 0 Å². The fraction of sp³-hybridized carbons (Fsp3) is 0.318. The van der Waals surface area contributed by atoms with E-state index in [4.69, 9.17) is 0 Å². The number of rotatable bonds is 13. The Labute approximate surface area is 266 Å². The van der Waals surface area contributed by atoms with Gasteiger partial charge in [0.05, 0.1) is 5.41 Å². The molecule has 0 nitrogen and oxygen atoms in total. The van der Waals surface area contributed by atoms with Crippen molar-refractivity contribution in [3.63, 3.8) is 0 Å². The normalized spacial score (nSPS) is 13.1. The summed E-state index contributed by atoms with van der Waals surface area (Å²) in [5, 5.41) is 0. The molecule has 0 heterocycles. The molecule has 5 aromatic carbocycles. The van der Waals surface area contributed by atoms with Crippen LogP contribution in [-0.4, -0.2) is 0 Å². The molecule has 0 aliphatic heterocycles. The van der Waals surface area contributed by atoms with Gasteiger partial charge in [-0.25, -0.2) is 0 Å². The van der Waals surface area contributed by atoms with Crippen LogP contribution in [0, 0.1) is 6.92 Å². The molecular formula is C44H48. The lowest BCUT2D eigenvalue weighted by atomic mass is 9.67. The van der Waals surface area contributed by atoms with Crippen molar-refractivity contribution in [1.29, 1.82) is 0 Å². The van der Waals surface area contributed by atoms with E-state index in [0.717, 1.165) is 12.8 Å². The lowest BCUT2D eigenvalue weighted by molar-refractivity contribution is 0.666. The summed E-state index contributed by atoms with van der Waals surface area (Å²) in [4.78, 5) is 0. The highest BCUT2D eigenvalue weighted by molar-refractivity contribution is 5.88. The standard InChI is InChI=1S/C44H48/c1-4-6-8-10-14-34-20-27-38(28-21-34)44(39-29-22-35(23-30-39)15-11-9-7-5-2)42-17-13-12-16-40(42)41-31-26-37(32-43(41)44)36-24-18-33(3)19-25-36/h12-13,16-32H,4-11,14-15H2,1-3H3. The summed E-state index contributed by atoms with van der Waals surface area (Å²) in [6, 6.07) is 44.6. The summed E-state index contributed by atoms with van der Waals surface area (Å²) in [7, 11) is 0. The molecule has 0 aromatic heterocycles. The van der Waals surface area contributed by atoms with Gasteiger partial charge in [-0.15, -0.1) is 0 Å². The largest absolute Gasteiger partial charge is 0.0713 e. The molecule has 224 valence electrons. The minimum Gasteiger partial charge on any atom is -0.0654 e. The third-order valence-corrected chi connectivity index (χ3v) is 9.84. The molecule has 0 bridgehead atoms. The van der Waals surface area contributed by atoms with Gasteiger partial charge in [0.2, 0.25) is 0 Å². The Hall–Kier alpha value is -3.90. The molecule has 0 spiro atoms. The molecule has 0 N–H and O–H groups in total. The summed E-state index contributed by atoms with van der Waals surface area (Å²) in [5.41, 5.74) is 14.6. The molecule has 44 heavy (non-hydrogen) atoms. The molecular weight excluding hydrogens is 528 g/mol. The molecule has 5 aromatic rings. The maximum absolute atomic E-state index is 2.48. The highest BCUT2D eigenvalue weighted by atomic mass is 14.5. The Morgan fingerprint density at radius 1 is 0.455 bits per heavy atom. The fourth-order valence-electron chi connectivity index (χ4n) is 7.35. The second kappa shape index (κ2) is 13.8. The summed E-state index contributed by atoms with van der Waals surface area (Å²) < 4.78 is 0. The zero-order valence-electron chi connectivity index (χ0n) is 27.0. The van der Waals surface area contributed by atoms with Crippen LogP contribution in [0.1, 0.15) is 104 Å². The second-order valence-corrected chi connectivity index (χ2v) is 12.9. The van der Waals surface area contributed by atoms with E-state index in [-0.39, 0.29) is 5.41 Å². The molecule has 0 amide bonds. The number of fused-ring (bicyclic) bond motifs is 3. The lowest BCUT2D eigenvalue weighted by Gasteiger charge is -2.34. The molecule has 0 saturated carbocycles. The number of benzene rings is 5. The van der Waals surface area contributed by atoms with Crippen LogP contribution in [0.2, 0.25) is 0 Å². The number of unbranched alkanes of at least 4 members (excludes halogenated alkanes) is 6. The van der Waals surface area contributed by atoms with Crippen molar-refractivity contribution in [3.05, 3.63) is 154 Å². The molecule has 6 rings (SSSR count). The number of aryl methyl sites for hydroxylation is 3. The first-order chi connectivity index (χ1) is 21.6. The average molecular weight is 577 g/mol. The zero-order valence-corrected chi connectivity index (χ0v) is 27.0. The Bertz CT molecular complexity index is 1600. The van der Waals surface area contributed by atoms with Gasteiger partial charge >= 0.3 is 0 Å². The summed E-state index contributed by atoms with van der Waals surface area (Å²) in [5.74, 6) is 0. The Kier molecular flexibility index (Phi) is 9.46. The van der Waals surface area contributed by atoms with Crippen molar-refractivity contribution in [2.45, 2.75) is 90.4 Å². The molecule has 1 aliphatic carbocycles. The number of hydrogen-bond donors (Lipinski definition) is 0. The van der Waals surface area contributed by atoms with Gasteiger partial charge in [0.25, 0.3) is 0 Å². The van der Waals surface area contributed by atoms with Crippen molar-refractivity contribution < 1.29 is 0 Å². The Balaban J connectivity index is 1.49. The monoisotopic (exact) mass is 576 g/mol. The van der Waals surface area contributed by atoms with Crippen LogP contribution in [0.25, 0.3) is 22.3 Å². The summed E-state index contributed by atoms with van der Waals surface area (Å²) >= 11 is 0. The third-order valence-electron chi connectivity index (χ3n) is 9.84. The molecule has 0 heteroatoms. The van der Waals surface area contributed by atoms with Crippen LogP contribution in [0.5, 0.6) is 0 Å². The number of hydrogen-bond acceptors (Lipinski definition) is 0. The maximum Gasteiger partial charge on any atom is 0.0713 e. The molecule has 0 fully saturated rings. The Morgan fingerprint density at radius 2 is 0.977 bits per heavy atom. The van der Waals surface area contributed by atoms with Crippen LogP contribution in [-0.2, 0) is 18.3 Å². The van der Waals surface area contributed by atoms with Crippen molar-refractivity contribution in [2.75, 3.05) is 0 Å². The van der Waals surface area contributed by atoms with Crippen LogP contribution >= 0.6 is 0 Å². The van der Waals surface area contributed by atoms with Crippen LogP contribution in [0.4, 0.5) is 0 Å². The molecule has 0 unspecified atom stereocenters. The zero-order chi connectivity index (χ0) is 30.4. The first kappa shape index (κ1) is 30.1. The predicted octanol–water partition coefficient (Wildman–Crippen LogP) is 12.3. The van der Waals surface area contributed by atoms with Gasteiger partial charge in [-0.05, 0) is 94.3 Å². The highest BCUT2D eigenvalue weighted by Gasteiger charge is 2.46. The second-order valence-electron chi connectivity index (χ2n) is 12.9. The summed E-state index contributed by atoms with van der Waals surface area (Å²) in [6.07, 6.45) is 12.7. The molecule has 0 saturated heterocycles. The first-order valence-electron chi connectivity index (χ1n) is 17.2. The van der Waals surface area contributed by atoms with Gasteiger partial charge < -0.3 is 0 Å². The third kappa shape index (κ3) is 5.92. The van der Waals surface area contributed by atoms with Crippen molar-refractivity contribution in [3.8, 4) is 22.3 Å². The van der Waals surface area contributed by atoms with E-state index >= 15 is 0 Å². The van der Waals surface area contributed by atoms with E-state index in [1.54, 1.807) is 0 Å². The van der Waals surface area contributed by atoms with Crippen molar-refractivity contribution >= 4 is 0 Å². The predicted molar refractivity (Wildman–Crippen MR) is 190 cm³/mol. The molecule has 1 aliphatic rings. The maximum atomic E-state index is 2.48. The van der Waals surface area contributed by atoms with Crippen LogP contribution in [0.3, 0.4) is 0 Å². The van der Waals surface area contributed by atoms with E-state index in [1.165, 1.54) is 113 Å². The van der Waals surface area contributed by atoms with E-state index in [1.807, 2.05) is 0 Å². The molecule has 0 atom stereocenters. The van der Waals surface area contributed by atoms with E-state index in [9.17, 15) is 0 Å². The SMILES string of the molecule is CCCCCCc1ccc(C2(c3ccc(CCCCCC)cc3)c3ccccc3-c3ccc(-c4ccc(C)cc4)cc32)cc1. The van der Waals surface area contributed by atoms with Crippen LogP contribution in [0.15, 0.2) is 115 Å². The lowest BCUT2D eigenvalue weighted by Crippen LogP contribution is -2.28. The van der Waals surface area contributed by atoms with Gasteiger partial charge in [0, 0.05) is 0 Å². The van der Waals surface area contributed by atoms with Gasteiger partial charge in [-0.2, -0.15) is 0 Å². The minimum absolute atomic E-state index is 0.367. The first-order valence-corrected chi connectivity index (χ1v) is 17.2. The minimum atomic E-state index is -0.367. The van der Waals surface area contributed by atoms with E-state index in [0.29, 0.717) is 0 Å². The summed E-state index contributed by atoms with van der Waals surface area (Å²) in [6.45, 7) is 6.73. The topological polar surface area (TPSA) is 0 Å². The highest BCUT2D eigenvalue weighted by Crippen LogP contribution is 2.56. The van der Waals surface area contributed by atoms with Crippen LogP contribution < -0.4 is 0 Å². The van der Waals surface area contributed by atoms with E-state index in [2.05, 4.69) is 136 Å². The van der Waals surface area contributed by atoms with Gasteiger partial charge in [0.1, 0.15) is 0 Å². The van der Waals surface area contributed by atoms with Gasteiger partial charge in [-0.3, -0.25) is 0 Å². The quantitative estimate of drug-likeness (QED) is 0.120. The molecule has 0 radical (unpaired) electrons. The Morgan fingerprint density at radius 3 is 1.55 bits per heavy atom. The van der Waals surface area contributed by atoms with Gasteiger partial charge in [0.15, 0.2) is 0 Å². The van der Waals surface area contributed by atoms with Crippen molar-refractivity contribution in [2.24, 2.45) is 0 Å². The fourth-order valence-corrected chi connectivity index (χ4v) is 7.35.